The molecule has 3 rings (SSSR count). The summed E-state index contributed by atoms with van der Waals surface area (Å²) in [6.07, 6.45) is -4.63. The van der Waals surface area contributed by atoms with Crippen molar-refractivity contribution in [3.8, 4) is 22.5 Å². The molecule has 0 atom stereocenters. The molecule has 0 aliphatic carbocycles. The Kier molecular flexibility index (Phi) is 3.21. The minimum atomic E-state index is -4.63. The SMILES string of the molecule is FC(F)(F)c1nc(-c2ccc(-c3ccccc3)cc2)no1. The van der Waals surface area contributed by atoms with Gasteiger partial charge in [0.1, 0.15) is 0 Å². The van der Waals surface area contributed by atoms with Gasteiger partial charge >= 0.3 is 12.1 Å². The largest absolute Gasteiger partial charge is 0.471 e. The van der Waals surface area contributed by atoms with Crippen LogP contribution in [0, 0.1) is 0 Å². The number of hydrogen-bond donors (Lipinski definition) is 0. The van der Waals surface area contributed by atoms with Gasteiger partial charge < -0.3 is 4.52 Å². The zero-order valence-corrected chi connectivity index (χ0v) is 10.6. The first kappa shape index (κ1) is 13.4. The Morgan fingerprint density at radius 2 is 1.33 bits per heavy atom. The Bertz CT molecular complexity index is 734. The summed E-state index contributed by atoms with van der Waals surface area (Å²) in [6, 6.07) is 16.6. The molecule has 0 bridgehead atoms. The summed E-state index contributed by atoms with van der Waals surface area (Å²) in [4.78, 5) is 3.35. The van der Waals surface area contributed by atoms with Crippen molar-refractivity contribution in [3.63, 3.8) is 0 Å². The van der Waals surface area contributed by atoms with Crippen LogP contribution in [-0.4, -0.2) is 10.1 Å². The molecule has 0 radical (unpaired) electrons. The minimum Gasteiger partial charge on any atom is -0.329 e. The molecule has 0 spiro atoms. The first-order valence-corrected chi connectivity index (χ1v) is 6.11. The Labute approximate surface area is 118 Å². The maximum atomic E-state index is 12.4. The molecule has 106 valence electrons. The van der Waals surface area contributed by atoms with Crippen LogP contribution < -0.4 is 0 Å². The maximum Gasteiger partial charge on any atom is 0.471 e. The minimum absolute atomic E-state index is 0.0815. The van der Waals surface area contributed by atoms with Crippen molar-refractivity contribution < 1.29 is 17.7 Å². The van der Waals surface area contributed by atoms with Crippen molar-refractivity contribution in [2.75, 3.05) is 0 Å². The molecule has 0 amide bonds. The van der Waals surface area contributed by atoms with Crippen LogP contribution in [0.5, 0.6) is 0 Å². The third-order valence-electron chi connectivity index (χ3n) is 2.92. The van der Waals surface area contributed by atoms with Gasteiger partial charge in [0.15, 0.2) is 0 Å². The molecule has 3 nitrogen and oxygen atoms in total. The second kappa shape index (κ2) is 5.05. The smallest absolute Gasteiger partial charge is 0.329 e. The fourth-order valence-corrected chi connectivity index (χ4v) is 1.90. The molecule has 0 N–H and O–H groups in total. The normalized spacial score (nSPS) is 11.6. The molecule has 1 aromatic heterocycles. The van der Waals surface area contributed by atoms with E-state index in [1.54, 1.807) is 24.3 Å². The van der Waals surface area contributed by atoms with Gasteiger partial charge in [-0.1, -0.05) is 59.8 Å². The van der Waals surface area contributed by atoms with E-state index in [1.165, 1.54) is 0 Å². The van der Waals surface area contributed by atoms with Crippen LogP contribution in [-0.2, 0) is 6.18 Å². The predicted octanol–water partition coefficient (Wildman–Crippen LogP) is 4.42. The van der Waals surface area contributed by atoms with E-state index in [1.807, 2.05) is 30.3 Å². The molecule has 6 heteroatoms. The van der Waals surface area contributed by atoms with Crippen molar-refractivity contribution in [2.45, 2.75) is 6.18 Å². The highest BCUT2D eigenvalue weighted by Gasteiger charge is 2.38. The average molecular weight is 290 g/mol. The molecule has 2 aromatic carbocycles. The lowest BCUT2D eigenvalue weighted by Crippen LogP contribution is -2.04. The number of rotatable bonds is 2. The van der Waals surface area contributed by atoms with Gasteiger partial charge in [0.05, 0.1) is 0 Å². The lowest BCUT2D eigenvalue weighted by molar-refractivity contribution is -0.159. The van der Waals surface area contributed by atoms with Crippen LogP contribution in [0.3, 0.4) is 0 Å². The highest BCUT2D eigenvalue weighted by molar-refractivity contribution is 5.67. The molecule has 0 saturated carbocycles. The second-order valence-electron chi connectivity index (χ2n) is 4.36. The van der Waals surface area contributed by atoms with E-state index in [0.29, 0.717) is 5.56 Å². The third-order valence-corrected chi connectivity index (χ3v) is 2.92. The summed E-state index contributed by atoms with van der Waals surface area (Å²) in [5, 5.41) is 3.35. The molecular formula is C15H9F3N2O. The fourth-order valence-electron chi connectivity index (χ4n) is 1.90. The second-order valence-corrected chi connectivity index (χ2v) is 4.36. The van der Waals surface area contributed by atoms with Gasteiger partial charge in [0.2, 0.25) is 5.82 Å². The van der Waals surface area contributed by atoms with Crippen LogP contribution in [0.25, 0.3) is 22.5 Å². The Balaban J connectivity index is 1.89. The van der Waals surface area contributed by atoms with E-state index in [0.717, 1.165) is 11.1 Å². The van der Waals surface area contributed by atoms with Crippen LogP contribution in [0.15, 0.2) is 59.1 Å². The van der Waals surface area contributed by atoms with E-state index >= 15 is 0 Å². The summed E-state index contributed by atoms with van der Waals surface area (Å²) in [5.41, 5.74) is 2.45. The summed E-state index contributed by atoms with van der Waals surface area (Å²) in [7, 11) is 0. The quantitative estimate of drug-likeness (QED) is 0.701. The highest BCUT2D eigenvalue weighted by atomic mass is 19.4. The van der Waals surface area contributed by atoms with E-state index in [4.69, 9.17) is 0 Å². The van der Waals surface area contributed by atoms with Crippen molar-refractivity contribution in [1.82, 2.24) is 10.1 Å². The van der Waals surface area contributed by atoms with Gasteiger partial charge in [-0.3, -0.25) is 0 Å². The predicted molar refractivity (Wildman–Crippen MR) is 70.2 cm³/mol. The lowest BCUT2D eigenvalue weighted by atomic mass is 10.0. The molecule has 0 aliphatic heterocycles. The number of nitrogens with zero attached hydrogens (tertiary/aromatic N) is 2. The number of aromatic nitrogens is 2. The van der Waals surface area contributed by atoms with Crippen LogP contribution in [0.2, 0.25) is 0 Å². The monoisotopic (exact) mass is 290 g/mol. The summed E-state index contributed by atoms with van der Waals surface area (Å²) in [5.74, 6) is -1.42. The molecule has 0 aliphatic rings. The van der Waals surface area contributed by atoms with Crippen molar-refractivity contribution in [2.24, 2.45) is 0 Å². The van der Waals surface area contributed by atoms with Crippen LogP contribution in [0.1, 0.15) is 5.89 Å². The Morgan fingerprint density at radius 3 is 1.90 bits per heavy atom. The third kappa shape index (κ3) is 2.79. The molecule has 1 heterocycles. The molecule has 0 fully saturated rings. The number of alkyl halides is 3. The average Bonchev–Trinajstić information content (AvgIpc) is 2.98. The summed E-state index contributed by atoms with van der Waals surface area (Å²) < 4.78 is 41.4. The fraction of sp³-hybridized carbons (Fsp3) is 0.0667. The van der Waals surface area contributed by atoms with E-state index < -0.39 is 12.1 Å². The zero-order chi connectivity index (χ0) is 14.9. The molecular weight excluding hydrogens is 281 g/mol. The van der Waals surface area contributed by atoms with Crippen molar-refractivity contribution in [3.05, 3.63) is 60.5 Å². The number of hydrogen-bond acceptors (Lipinski definition) is 3. The standard InChI is InChI=1S/C15H9F3N2O/c16-15(17,18)14-19-13(20-21-14)12-8-6-11(7-9-12)10-4-2-1-3-5-10/h1-9H. The first-order valence-electron chi connectivity index (χ1n) is 6.11. The summed E-state index contributed by atoms with van der Waals surface area (Å²) in [6.45, 7) is 0. The van der Waals surface area contributed by atoms with Crippen LogP contribution >= 0.6 is 0 Å². The molecule has 0 unspecified atom stereocenters. The first-order chi connectivity index (χ1) is 10.0. The van der Waals surface area contributed by atoms with Gasteiger partial charge in [-0.25, -0.2) is 0 Å². The van der Waals surface area contributed by atoms with E-state index in [2.05, 4.69) is 14.7 Å². The lowest BCUT2D eigenvalue weighted by Gasteiger charge is -2.01. The van der Waals surface area contributed by atoms with Gasteiger partial charge in [-0.15, -0.1) is 0 Å². The Morgan fingerprint density at radius 1 is 0.762 bits per heavy atom. The van der Waals surface area contributed by atoms with Gasteiger partial charge in [-0.2, -0.15) is 18.2 Å². The van der Waals surface area contributed by atoms with Gasteiger partial charge in [-0.05, 0) is 11.1 Å². The highest BCUT2D eigenvalue weighted by Crippen LogP contribution is 2.30. The molecule has 3 aromatic rings. The Hall–Kier alpha value is -2.63. The molecule has 0 saturated heterocycles. The van der Waals surface area contributed by atoms with Crippen molar-refractivity contribution in [1.29, 1.82) is 0 Å². The molecule has 21 heavy (non-hydrogen) atoms. The number of benzene rings is 2. The number of halogens is 3. The van der Waals surface area contributed by atoms with E-state index in [9.17, 15) is 13.2 Å². The summed E-state index contributed by atoms with van der Waals surface area (Å²) >= 11 is 0. The van der Waals surface area contributed by atoms with Crippen molar-refractivity contribution >= 4 is 0 Å². The maximum absolute atomic E-state index is 12.4. The van der Waals surface area contributed by atoms with Crippen LogP contribution in [0.4, 0.5) is 13.2 Å². The van der Waals surface area contributed by atoms with Gasteiger partial charge in [0, 0.05) is 5.56 Å². The van der Waals surface area contributed by atoms with Gasteiger partial charge in [0.25, 0.3) is 0 Å². The topological polar surface area (TPSA) is 38.9 Å². The zero-order valence-electron chi connectivity index (χ0n) is 10.6. The van der Waals surface area contributed by atoms with E-state index in [-0.39, 0.29) is 5.82 Å².